The van der Waals surface area contributed by atoms with Crippen molar-refractivity contribution < 1.29 is 28.4 Å². The molecule has 6 aromatic rings. The molecular formula is C49H46N2O6. The number of rotatable bonds is 14. The molecule has 0 unspecified atom stereocenters. The summed E-state index contributed by atoms with van der Waals surface area (Å²) in [6.45, 7) is 0. The number of nitrogens with zero attached hydrogens (tertiary/aromatic N) is 2. The SMILES string of the molecule is COc1cc(CC(Cc2cc(OC)cc(OC)c2)(C2=N[C@@H](c3ccccc3)[C@@H](c3ccccc3)O2)C2=N[C@@H](c3ccccc3)[C@@H](c3ccccc3)O2)cc(OC)c1. The number of benzene rings is 6. The second kappa shape index (κ2) is 16.7. The van der Waals surface area contributed by atoms with Gasteiger partial charge in [-0.2, -0.15) is 0 Å². The molecule has 0 bridgehead atoms. The van der Waals surface area contributed by atoms with Crippen LogP contribution in [0, 0.1) is 5.41 Å². The third kappa shape index (κ3) is 7.81. The lowest BCUT2D eigenvalue weighted by atomic mass is 9.75. The first-order chi connectivity index (χ1) is 28.0. The van der Waals surface area contributed by atoms with Crippen LogP contribution in [0.5, 0.6) is 23.0 Å². The zero-order valence-electron chi connectivity index (χ0n) is 32.6. The van der Waals surface area contributed by atoms with Crippen LogP contribution in [0.15, 0.2) is 168 Å². The molecule has 0 saturated heterocycles. The van der Waals surface area contributed by atoms with E-state index >= 15 is 0 Å². The maximum atomic E-state index is 7.31. The summed E-state index contributed by atoms with van der Waals surface area (Å²) in [6.07, 6.45) is -0.0767. The van der Waals surface area contributed by atoms with Crippen molar-refractivity contribution in [2.24, 2.45) is 15.4 Å². The lowest BCUT2D eigenvalue weighted by molar-refractivity contribution is 0.154. The Bertz CT molecular complexity index is 2120. The molecule has 8 nitrogen and oxygen atoms in total. The molecule has 0 radical (unpaired) electrons. The number of hydrogen-bond acceptors (Lipinski definition) is 8. The summed E-state index contributed by atoms with van der Waals surface area (Å²) >= 11 is 0. The van der Waals surface area contributed by atoms with Gasteiger partial charge in [-0.05, 0) is 70.5 Å². The largest absolute Gasteiger partial charge is 0.497 e. The quantitative estimate of drug-likeness (QED) is 0.110. The van der Waals surface area contributed by atoms with Crippen molar-refractivity contribution >= 4 is 11.8 Å². The normalized spacial score (nSPS) is 18.8. The highest BCUT2D eigenvalue weighted by Gasteiger charge is 2.53. The van der Waals surface area contributed by atoms with E-state index in [1.165, 1.54) is 0 Å². The highest BCUT2D eigenvalue weighted by Crippen LogP contribution is 2.51. The first kappa shape index (κ1) is 37.4. The summed E-state index contributed by atoms with van der Waals surface area (Å²) < 4.78 is 37.8. The van der Waals surface area contributed by atoms with E-state index in [9.17, 15) is 0 Å². The average molecular weight is 759 g/mol. The molecule has 0 amide bonds. The first-order valence-electron chi connectivity index (χ1n) is 19.1. The van der Waals surface area contributed by atoms with Crippen LogP contribution in [0.2, 0.25) is 0 Å². The van der Waals surface area contributed by atoms with E-state index < -0.39 is 17.6 Å². The van der Waals surface area contributed by atoms with Gasteiger partial charge in [0.05, 0.1) is 28.4 Å². The Morgan fingerprint density at radius 1 is 0.421 bits per heavy atom. The fraction of sp³-hybridized carbons (Fsp3) is 0.224. The molecule has 2 aliphatic rings. The van der Waals surface area contributed by atoms with Crippen LogP contribution in [0.4, 0.5) is 0 Å². The Labute approximate surface area is 334 Å². The predicted molar refractivity (Wildman–Crippen MR) is 223 cm³/mol. The molecule has 57 heavy (non-hydrogen) atoms. The average Bonchev–Trinajstić information content (AvgIpc) is 3.94. The van der Waals surface area contributed by atoms with Gasteiger partial charge >= 0.3 is 0 Å². The summed E-state index contributed by atoms with van der Waals surface area (Å²) in [5, 5.41) is 0. The van der Waals surface area contributed by atoms with Gasteiger partial charge < -0.3 is 28.4 Å². The van der Waals surface area contributed by atoms with E-state index in [2.05, 4.69) is 48.5 Å². The fourth-order valence-electron chi connectivity index (χ4n) is 7.97. The van der Waals surface area contributed by atoms with E-state index in [0.29, 0.717) is 47.6 Å². The monoisotopic (exact) mass is 758 g/mol. The van der Waals surface area contributed by atoms with Crippen molar-refractivity contribution in [3.63, 3.8) is 0 Å². The van der Waals surface area contributed by atoms with Gasteiger partial charge in [0.1, 0.15) is 40.5 Å². The van der Waals surface area contributed by atoms with Crippen molar-refractivity contribution in [1.82, 2.24) is 0 Å². The molecule has 0 spiro atoms. The van der Waals surface area contributed by atoms with E-state index in [1.807, 2.05) is 109 Å². The Kier molecular flexibility index (Phi) is 10.9. The standard InChI is InChI=1S/C49H46N2O6/c1-52-39-25-33(26-40(29-39)53-2)31-49(32-34-27-41(54-3)30-42(28-34)55-4,47-50-43(35-17-9-5-10-18-35)45(56-47)37-21-13-7-14-22-37)48-51-44(36-19-11-6-12-20-36)46(57-48)38-23-15-8-16-24-38/h5-30,43-46H,31-32H2,1-4H3/t43-,44-,45+,46+/m0/s1. The molecule has 0 saturated carbocycles. The summed E-state index contributed by atoms with van der Waals surface area (Å²) in [5.74, 6) is 3.70. The molecule has 0 N–H and O–H groups in total. The van der Waals surface area contributed by atoms with Crippen LogP contribution in [0.25, 0.3) is 0 Å². The predicted octanol–water partition coefficient (Wildman–Crippen LogP) is 10.3. The van der Waals surface area contributed by atoms with Gasteiger partial charge in [0.25, 0.3) is 0 Å². The van der Waals surface area contributed by atoms with E-state index in [1.54, 1.807) is 28.4 Å². The summed E-state index contributed by atoms with van der Waals surface area (Å²) in [6, 6.07) is 52.4. The van der Waals surface area contributed by atoms with Crippen LogP contribution in [0.3, 0.4) is 0 Å². The van der Waals surface area contributed by atoms with Crippen molar-refractivity contribution in [2.45, 2.75) is 37.1 Å². The molecule has 0 fully saturated rings. The van der Waals surface area contributed by atoms with Crippen LogP contribution < -0.4 is 18.9 Å². The maximum absolute atomic E-state index is 7.31. The molecule has 288 valence electrons. The lowest BCUT2D eigenvalue weighted by Gasteiger charge is -2.34. The molecule has 6 aromatic carbocycles. The van der Waals surface area contributed by atoms with Crippen LogP contribution in [-0.4, -0.2) is 40.2 Å². The molecule has 2 aliphatic heterocycles. The van der Waals surface area contributed by atoms with Gasteiger partial charge in [0.15, 0.2) is 12.2 Å². The summed E-state index contributed by atoms with van der Waals surface area (Å²) in [7, 11) is 6.64. The molecule has 0 aromatic heterocycles. The Balaban J connectivity index is 1.39. The first-order valence-corrected chi connectivity index (χ1v) is 19.1. The Morgan fingerprint density at radius 3 is 1.02 bits per heavy atom. The van der Waals surface area contributed by atoms with Crippen LogP contribution >= 0.6 is 0 Å². The zero-order valence-corrected chi connectivity index (χ0v) is 32.6. The number of methoxy groups -OCH3 is 4. The Morgan fingerprint density at radius 2 is 0.719 bits per heavy atom. The second-order valence-electron chi connectivity index (χ2n) is 14.4. The Hall–Kier alpha value is -6.54. The number of ether oxygens (including phenoxy) is 6. The third-order valence-corrected chi connectivity index (χ3v) is 10.8. The van der Waals surface area contributed by atoms with Crippen LogP contribution in [0.1, 0.15) is 57.7 Å². The fourth-order valence-corrected chi connectivity index (χ4v) is 7.97. The smallest absolute Gasteiger partial charge is 0.201 e. The van der Waals surface area contributed by atoms with E-state index in [4.69, 9.17) is 38.4 Å². The van der Waals surface area contributed by atoms with Gasteiger partial charge in [-0.15, -0.1) is 0 Å². The molecule has 8 rings (SSSR count). The van der Waals surface area contributed by atoms with Crippen molar-refractivity contribution in [1.29, 1.82) is 0 Å². The second-order valence-corrected chi connectivity index (χ2v) is 14.4. The minimum Gasteiger partial charge on any atom is -0.497 e. The number of aliphatic imine (C=N–C) groups is 2. The minimum atomic E-state index is -1.10. The number of hydrogen-bond donors (Lipinski definition) is 0. The van der Waals surface area contributed by atoms with E-state index in [-0.39, 0.29) is 12.1 Å². The van der Waals surface area contributed by atoms with Crippen molar-refractivity contribution in [3.05, 3.63) is 191 Å². The van der Waals surface area contributed by atoms with Gasteiger partial charge in [0, 0.05) is 12.1 Å². The maximum Gasteiger partial charge on any atom is 0.201 e. The van der Waals surface area contributed by atoms with Gasteiger partial charge in [-0.3, -0.25) is 0 Å². The topological polar surface area (TPSA) is 80.1 Å². The minimum absolute atomic E-state index is 0.348. The van der Waals surface area contributed by atoms with Gasteiger partial charge in [-0.25, -0.2) is 9.98 Å². The molecule has 8 heteroatoms. The lowest BCUT2D eigenvalue weighted by Crippen LogP contribution is -2.44. The molecule has 4 atom stereocenters. The summed E-state index contributed by atoms with van der Waals surface area (Å²) in [5.41, 5.74) is 4.88. The van der Waals surface area contributed by atoms with Crippen LogP contribution in [-0.2, 0) is 22.3 Å². The molecular weight excluding hydrogens is 713 g/mol. The van der Waals surface area contributed by atoms with Crippen molar-refractivity contribution in [2.75, 3.05) is 28.4 Å². The highest BCUT2D eigenvalue weighted by atomic mass is 16.5. The van der Waals surface area contributed by atoms with Gasteiger partial charge in [-0.1, -0.05) is 121 Å². The zero-order chi connectivity index (χ0) is 39.2. The molecule has 2 heterocycles. The van der Waals surface area contributed by atoms with Crippen molar-refractivity contribution in [3.8, 4) is 23.0 Å². The highest BCUT2D eigenvalue weighted by molar-refractivity contribution is 6.07. The molecule has 0 aliphatic carbocycles. The third-order valence-electron chi connectivity index (χ3n) is 10.8. The van der Waals surface area contributed by atoms with E-state index in [0.717, 1.165) is 33.4 Å². The summed E-state index contributed by atoms with van der Waals surface area (Å²) in [4.78, 5) is 11.2. The van der Waals surface area contributed by atoms with Gasteiger partial charge in [0.2, 0.25) is 11.8 Å².